The van der Waals surface area contributed by atoms with E-state index in [2.05, 4.69) is 54.0 Å². The molecule has 0 bridgehead atoms. The fraction of sp³-hybridized carbons (Fsp3) is 0.333. The Labute approximate surface area is 118 Å². The Balaban J connectivity index is 1.56. The summed E-state index contributed by atoms with van der Waals surface area (Å²) in [6.45, 7) is 4.27. The lowest BCUT2D eigenvalue weighted by atomic mass is 10.2. The Morgan fingerprint density at radius 3 is 2.72 bits per heavy atom. The number of thioether (sulfide) groups is 1. The van der Waals surface area contributed by atoms with Gasteiger partial charge in [0.1, 0.15) is 0 Å². The van der Waals surface area contributed by atoms with E-state index in [1.54, 1.807) is 0 Å². The predicted octanol–water partition coefficient (Wildman–Crippen LogP) is 4.08. The van der Waals surface area contributed by atoms with Gasteiger partial charge in [-0.05, 0) is 29.5 Å². The van der Waals surface area contributed by atoms with E-state index in [9.17, 15) is 0 Å². The number of benzene rings is 1. The average Bonchev–Trinajstić information content (AvgIpc) is 2.81. The van der Waals surface area contributed by atoms with Crippen LogP contribution in [0.3, 0.4) is 0 Å². The Bertz CT molecular complexity index is 451. The maximum absolute atomic E-state index is 3.50. The predicted molar refractivity (Wildman–Crippen MR) is 83.4 cm³/mol. The smallest absolute Gasteiger partial charge is 0.0302 e. The Morgan fingerprint density at radius 1 is 1.17 bits per heavy atom. The van der Waals surface area contributed by atoms with Gasteiger partial charge in [0.25, 0.3) is 0 Å². The first-order chi connectivity index (χ1) is 8.86. The van der Waals surface area contributed by atoms with Gasteiger partial charge in [-0.1, -0.05) is 30.3 Å². The lowest BCUT2D eigenvalue weighted by Crippen LogP contribution is -2.16. The topological polar surface area (TPSA) is 12.0 Å². The van der Waals surface area contributed by atoms with Crippen LogP contribution in [-0.2, 0) is 12.3 Å². The summed E-state index contributed by atoms with van der Waals surface area (Å²) < 4.78 is 0. The number of hydrogen-bond donors (Lipinski definition) is 1. The summed E-state index contributed by atoms with van der Waals surface area (Å²) in [7, 11) is 0. The highest BCUT2D eigenvalue weighted by atomic mass is 32.2. The highest BCUT2D eigenvalue weighted by Gasteiger charge is 1.98. The number of nitrogens with one attached hydrogen (secondary N) is 1. The first-order valence-electron chi connectivity index (χ1n) is 6.21. The lowest BCUT2D eigenvalue weighted by molar-refractivity contribution is 0.738. The van der Waals surface area contributed by atoms with Gasteiger partial charge in [0, 0.05) is 29.5 Å². The van der Waals surface area contributed by atoms with Gasteiger partial charge < -0.3 is 5.32 Å². The van der Waals surface area contributed by atoms with Gasteiger partial charge >= 0.3 is 0 Å². The van der Waals surface area contributed by atoms with Gasteiger partial charge in [-0.2, -0.15) is 11.8 Å². The summed E-state index contributed by atoms with van der Waals surface area (Å²) in [6, 6.07) is 12.8. The molecule has 18 heavy (non-hydrogen) atoms. The van der Waals surface area contributed by atoms with Crippen molar-refractivity contribution in [2.24, 2.45) is 0 Å². The molecule has 0 fully saturated rings. The normalized spacial score (nSPS) is 10.7. The summed E-state index contributed by atoms with van der Waals surface area (Å²) in [4.78, 5) is 1.46. The summed E-state index contributed by atoms with van der Waals surface area (Å²) in [5, 5.41) is 5.67. The zero-order chi connectivity index (χ0) is 12.6. The molecule has 96 valence electrons. The molecule has 2 rings (SSSR count). The van der Waals surface area contributed by atoms with E-state index in [1.165, 1.54) is 21.8 Å². The van der Waals surface area contributed by atoms with Crippen molar-refractivity contribution >= 4 is 23.1 Å². The summed E-state index contributed by atoms with van der Waals surface area (Å²) in [5.74, 6) is 2.28. The van der Waals surface area contributed by atoms with Crippen LogP contribution in [0.1, 0.15) is 16.0 Å². The van der Waals surface area contributed by atoms with Crippen LogP contribution < -0.4 is 5.32 Å². The van der Waals surface area contributed by atoms with Crippen molar-refractivity contribution in [1.29, 1.82) is 0 Å². The van der Waals surface area contributed by atoms with Crippen molar-refractivity contribution < 1.29 is 0 Å². The molecule has 1 heterocycles. The van der Waals surface area contributed by atoms with E-state index in [1.807, 2.05) is 23.1 Å². The van der Waals surface area contributed by atoms with Gasteiger partial charge in [0.05, 0.1) is 0 Å². The SMILES string of the molecule is Cc1ccsc1CNCCSCc1ccccc1. The summed E-state index contributed by atoms with van der Waals surface area (Å²) in [5.41, 5.74) is 2.82. The van der Waals surface area contributed by atoms with E-state index in [0.717, 1.165) is 18.8 Å². The Kier molecular flexibility index (Phi) is 5.78. The molecule has 1 aromatic carbocycles. The average molecular weight is 277 g/mol. The molecule has 0 atom stereocenters. The van der Waals surface area contributed by atoms with E-state index in [0.29, 0.717) is 0 Å². The standard InChI is InChI=1S/C15H19NS2/c1-13-7-9-18-15(13)11-16-8-10-17-12-14-5-3-2-4-6-14/h2-7,9,16H,8,10-12H2,1H3. The van der Waals surface area contributed by atoms with E-state index in [-0.39, 0.29) is 0 Å². The lowest BCUT2D eigenvalue weighted by Gasteiger charge is -2.04. The second kappa shape index (κ2) is 7.62. The van der Waals surface area contributed by atoms with Crippen molar-refractivity contribution in [2.75, 3.05) is 12.3 Å². The minimum Gasteiger partial charge on any atom is -0.311 e. The molecule has 0 saturated heterocycles. The molecule has 2 aromatic rings. The van der Waals surface area contributed by atoms with Crippen molar-refractivity contribution in [3.05, 3.63) is 57.8 Å². The molecule has 0 aliphatic carbocycles. The fourth-order valence-electron chi connectivity index (χ4n) is 1.70. The van der Waals surface area contributed by atoms with Crippen LogP contribution in [0.4, 0.5) is 0 Å². The van der Waals surface area contributed by atoms with Crippen LogP contribution in [-0.4, -0.2) is 12.3 Å². The molecule has 0 unspecified atom stereocenters. The second-order valence-corrected chi connectivity index (χ2v) is 6.35. The highest BCUT2D eigenvalue weighted by Crippen LogP contribution is 2.15. The van der Waals surface area contributed by atoms with Crippen molar-refractivity contribution in [1.82, 2.24) is 5.32 Å². The Hall–Kier alpha value is -0.770. The molecule has 0 amide bonds. The molecule has 0 spiro atoms. The third-order valence-corrected chi connectivity index (χ3v) is 4.84. The summed E-state index contributed by atoms with van der Waals surface area (Å²) >= 11 is 3.83. The van der Waals surface area contributed by atoms with Crippen LogP contribution in [0.25, 0.3) is 0 Å². The minimum atomic E-state index is 1.01. The Morgan fingerprint density at radius 2 is 2.00 bits per heavy atom. The highest BCUT2D eigenvalue weighted by molar-refractivity contribution is 7.98. The van der Waals surface area contributed by atoms with Crippen LogP contribution >= 0.6 is 23.1 Å². The monoisotopic (exact) mass is 277 g/mol. The number of rotatable bonds is 7. The number of aryl methyl sites for hydroxylation is 1. The molecule has 0 aliphatic heterocycles. The first-order valence-corrected chi connectivity index (χ1v) is 8.25. The third kappa shape index (κ3) is 4.48. The first kappa shape index (κ1) is 13.7. The quantitative estimate of drug-likeness (QED) is 0.765. The van der Waals surface area contributed by atoms with Gasteiger partial charge in [-0.25, -0.2) is 0 Å². The van der Waals surface area contributed by atoms with Gasteiger partial charge in [-0.3, -0.25) is 0 Å². The van der Waals surface area contributed by atoms with Gasteiger partial charge in [0.2, 0.25) is 0 Å². The minimum absolute atomic E-state index is 1.01. The third-order valence-electron chi connectivity index (χ3n) is 2.79. The van der Waals surface area contributed by atoms with E-state index >= 15 is 0 Å². The van der Waals surface area contributed by atoms with Crippen LogP contribution in [0.5, 0.6) is 0 Å². The van der Waals surface area contributed by atoms with Crippen molar-refractivity contribution in [3.8, 4) is 0 Å². The van der Waals surface area contributed by atoms with Crippen molar-refractivity contribution in [3.63, 3.8) is 0 Å². The molecule has 0 aliphatic rings. The molecule has 1 N–H and O–H groups in total. The molecular weight excluding hydrogens is 258 g/mol. The molecule has 0 radical (unpaired) electrons. The number of thiophene rings is 1. The second-order valence-electron chi connectivity index (χ2n) is 4.24. The van der Waals surface area contributed by atoms with Crippen LogP contribution in [0.15, 0.2) is 41.8 Å². The van der Waals surface area contributed by atoms with Gasteiger partial charge in [-0.15, -0.1) is 11.3 Å². The number of hydrogen-bond acceptors (Lipinski definition) is 3. The van der Waals surface area contributed by atoms with E-state index < -0.39 is 0 Å². The zero-order valence-corrected chi connectivity index (χ0v) is 12.3. The molecule has 1 nitrogen and oxygen atoms in total. The largest absolute Gasteiger partial charge is 0.311 e. The fourth-order valence-corrected chi connectivity index (χ4v) is 3.43. The molecule has 1 aromatic heterocycles. The molecule has 3 heteroatoms. The summed E-state index contributed by atoms with van der Waals surface area (Å²) in [6.07, 6.45) is 0. The van der Waals surface area contributed by atoms with Crippen molar-refractivity contribution in [2.45, 2.75) is 19.2 Å². The maximum Gasteiger partial charge on any atom is 0.0302 e. The van der Waals surface area contributed by atoms with E-state index in [4.69, 9.17) is 0 Å². The van der Waals surface area contributed by atoms with Crippen LogP contribution in [0.2, 0.25) is 0 Å². The zero-order valence-electron chi connectivity index (χ0n) is 10.7. The van der Waals surface area contributed by atoms with Gasteiger partial charge in [0.15, 0.2) is 0 Å². The maximum atomic E-state index is 3.50. The molecular formula is C15H19NS2. The molecule has 0 saturated carbocycles. The van der Waals surface area contributed by atoms with Crippen LogP contribution in [0, 0.1) is 6.92 Å².